The third-order valence-electron chi connectivity index (χ3n) is 4.36. The normalized spacial score (nSPS) is 14.6. The number of fused-ring (bicyclic) bond motifs is 1. The molecule has 0 radical (unpaired) electrons. The lowest BCUT2D eigenvalue weighted by Crippen LogP contribution is -2.47. The number of halogens is 1. The highest BCUT2D eigenvalue weighted by molar-refractivity contribution is 5.97. The van der Waals surface area contributed by atoms with Crippen molar-refractivity contribution >= 4 is 16.8 Å². The Morgan fingerprint density at radius 1 is 1.40 bits per heavy atom. The van der Waals surface area contributed by atoms with Crippen LogP contribution in [0.5, 0.6) is 0 Å². The van der Waals surface area contributed by atoms with E-state index in [1.54, 1.807) is 18.2 Å². The van der Waals surface area contributed by atoms with E-state index in [9.17, 15) is 9.18 Å². The zero-order chi connectivity index (χ0) is 18.6. The molecule has 134 valence electrons. The fourth-order valence-electron chi connectivity index (χ4n) is 3.38. The van der Waals surface area contributed by atoms with Crippen molar-refractivity contribution in [3.63, 3.8) is 0 Å². The Labute approximate surface area is 149 Å². The van der Waals surface area contributed by atoms with Crippen molar-refractivity contribution in [1.29, 1.82) is 0 Å². The minimum atomic E-state index is -0.377. The van der Waals surface area contributed by atoms with Crippen molar-refractivity contribution in [2.24, 2.45) is 5.92 Å². The van der Waals surface area contributed by atoms with E-state index >= 15 is 0 Å². The van der Waals surface area contributed by atoms with Gasteiger partial charge in [0.1, 0.15) is 11.3 Å². The van der Waals surface area contributed by atoms with Crippen molar-refractivity contribution in [3.05, 3.63) is 53.5 Å². The maximum absolute atomic E-state index is 13.7. The number of nitrogens with one attached hydrogen (secondary N) is 1. The van der Waals surface area contributed by atoms with Gasteiger partial charge >= 0.3 is 0 Å². The van der Waals surface area contributed by atoms with Crippen LogP contribution in [0.15, 0.2) is 42.1 Å². The molecule has 0 saturated heterocycles. The molecule has 0 fully saturated rings. The van der Waals surface area contributed by atoms with Crippen molar-refractivity contribution in [2.45, 2.75) is 53.0 Å². The molecule has 1 N–H and O–H groups in total. The maximum Gasteiger partial charge on any atom is 0.253 e. The van der Waals surface area contributed by atoms with Crippen molar-refractivity contribution in [2.75, 3.05) is 0 Å². The number of amides is 1. The Balaban J connectivity index is 2.28. The molecule has 0 saturated carbocycles. The van der Waals surface area contributed by atoms with Crippen LogP contribution >= 0.6 is 0 Å². The van der Waals surface area contributed by atoms with Gasteiger partial charge in [0.2, 0.25) is 0 Å². The summed E-state index contributed by atoms with van der Waals surface area (Å²) in [6.07, 6.45) is 5.19. The number of pyridine rings is 1. The van der Waals surface area contributed by atoms with Gasteiger partial charge in [0.25, 0.3) is 5.91 Å². The van der Waals surface area contributed by atoms with Gasteiger partial charge < -0.3 is 5.32 Å². The van der Waals surface area contributed by atoms with E-state index in [1.807, 2.05) is 6.92 Å². The Morgan fingerprint density at radius 2 is 2.12 bits per heavy atom. The monoisotopic (exact) mass is 342 g/mol. The highest BCUT2D eigenvalue weighted by Crippen LogP contribution is 2.25. The smallest absolute Gasteiger partial charge is 0.253 e. The first-order valence-electron chi connectivity index (χ1n) is 8.72. The van der Waals surface area contributed by atoms with Crippen LogP contribution in [0.1, 0.15) is 57.8 Å². The average molecular weight is 342 g/mol. The molecule has 1 aromatic carbocycles. The molecule has 3 nitrogen and oxygen atoms in total. The second-order valence-electron chi connectivity index (χ2n) is 7.46. The molecule has 0 spiro atoms. The summed E-state index contributed by atoms with van der Waals surface area (Å²) >= 11 is 0. The Morgan fingerprint density at radius 3 is 2.76 bits per heavy atom. The predicted molar refractivity (Wildman–Crippen MR) is 101 cm³/mol. The molecular formula is C21H27FN2O. The molecule has 1 unspecified atom stereocenters. The SMILES string of the molecule is C/C=C(\C)CC(C)(CC(C)C)NC(=O)c1cnc2c(F)cccc2c1. The van der Waals surface area contributed by atoms with Crippen LogP contribution in [-0.4, -0.2) is 16.4 Å². The molecule has 2 rings (SSSR count). The van der Waals surface area contributed by atoms with Gasteiger partial charge in [-0.15, -0.1) is 0 Å². The fraction of sp³-hybridized carbons (Fsp3) is 0.429. The zero-order valence-corrected chi connectivity index (χ0v) is 15.7. The summed E-state index contributed by atoms with van der Waals surface area (Å²) in [5.74, 6) is -0.0951. The quantitative estimate of drug-likeness (QED) is 0.727. The topological polar surface area (TPSA) is 42.0 Å². The number of allylic oxidation sites excluding steroid dienone is 1. The van der Waals surface area contributed by atoms with Crippen molar-refractivity contribution in [1.82, 2.24) is 10.3 Å². The van der Waals surface area contributed by atoms with Gasteiger partial charge in [0.05, 0.1) is 5.56 Å². The van der Waals surface area contributed by atoms with E-state index in [4.69, 9.17) is 0 Å². The second kappa shape index (κ2) is 7.77. The molecule has 25 heavy (non-hydrogen) atoms. The molecule has 0 bridgehead atoms. The van der Waals surface area contributed by atoms with Gasteiger partial charge in [-0.2, -0.15) is 0 Å². The van der Waals surface area contributed by atoms with Crippen molar-refractivity contribution < 1.29 is 9.18 Å². The largest absolute Gasteiger partial charge is 0.347 e. The number of rotatable bonds is 6. The first-order valence-corrected chi connectivity index (χ1v) is 8.72. The third kappa shape index (κ3) is 4.88. The number of carbonyl (C=O) groups excluding carboxylic acids is 1. The van der Waals surface area contributed by atoms with Crippen LogP contribution in [0.4, 0.5) is 4.39 Å². The third-order valence-corrected chi connectivity index (χ3v) is 4.36. The van der Waals surface area contributed by atoms with Gasteiger partial charge in [0.15, 0.2) is 0 Å². The molecular weight excluding hydrogens is 315 g/mol. The lowest BCUT2D eigenvalue weighted by Gasteiger charge is -2.33. The second-order valence-corrected chi connectivity index (χ2v) is 7.46. The minimum Gasteiger partial charge on any atom is -0.347 e. The molecule has 4 heteroatoms. The maximum atomic E-state index is 13.7. The predicted octanol–water partition coefficient (Wildman–Crippen LogP) is 5.26. The lowest BCUT2D eigenvalue weighted by atomic mass is 9.84. The van der Waals surface area contributed by atoms with Crippen LogP contribution < -0.4 is 5.32 Å². The summed E-state index contributed by atoms with van der Waals surface area (Å²) in [4.78, 5) is 16.9. The molecule has 0 aliphatic carbocycles. The number of carbonyl (C=O) groups is 1. The molecule has 1 heterocycles. The Hall–Kier alpha value is -2.23. The van der Waals surface area contributed by atoms with E-state index in [0.29, 0.717) is 16.9 Å². The molecule has 1 atom stereocenters. The van der Waals surface area contributed by atoms with Gasteiger partial charge in [0, 0.05) is 17.1 Å². The summed E-state index contributed by atoms with van der Waals surface area (Å²) in [6, 6.07) is 6.45. The van der Waals surface area contributed by atoms with Crippen LogP contribution in [-0.2, 0) is 0 Å². The average Bonchev–Trinajstić information content (AvgIpc) is 2.53. The summed E-state index contributed by atoms with van der Waals surface area (Å²) in [7, 11) is 0. The summed E-state index contributed by atoms with van der Waals surface area (Å²) in [5.41, 5.74) is 1.64. The van der Waals surface area contributed by atoms with Gasteiger partial charge in [-0.3, -0.25) is 9.78 Å². The van der Waals surface area contributed by atoms with Crippen LogP contribution in [0, 0.1) is 11.7 Å². The van der Waals surface area contributed by atoms with Gasteiger partial charge in [-0.05, 0) is 51.7 Å². The Bertz CT molecular complexity index is 798. The van der Waals surface area contributed by atoms with E-state index in [2.05, 4.69) is 44.1 Å². The number of hydrogen-bond donors (Lipinski definition) is 1. The number of benzene rings is 1. The van der Waals surface area contributed by atoms with Crippen molar-refractivity contribution in [3.8, 4) is 0 Å². The number of nitrogens with zero attached hydrogens (tertiary/aromatic N) is 1. The molecule has 0 aliphatic heterocycles. The molecule has 0 aliphatic rings. The standard InChI is InChI=1S/C21H27FN2O/c1-6-15(4)12-21(5,11-14(2)3)24-20(25)17-10-16-8-7-9-18(22)19(16)23-13-17/h6-10,13-14H,11-12H2,1-5H3,(H,24,25)/b15-6+. The minimum absolute atomic E-state index is 0.175. The molecule has 1 amide bonds. The van der Waals surface area contributed by atoms with E-state index < -0.39 is 0 Å². The number of aromatic nitrogens is 1. The highest BCUT2D eigenvalue weighted by atomic mass is 19.1. The van der Waals surface area contributed by atoms with E-state index in [1.165, 1.54) is 17.8 Å². The van der Waals surface area contributed by atoms with Crippen LogP contribution in [0.25, 0.3) is 10.9 Å². The molecule has 2 aromatic rings. The lowest BCUT2D eigenvalue weighted by molar-refractivity contribution is 0.0894. The summed E-state index contributed by atoms with van der Waals surface area (Å²) in [6.45, 7) is 10.5. The van der Waals surface area contributed by atoms with E-state index in [-0.39, 0.29) is 22.8 Å². The Kier molecular flexibility index (Phi) is 5.93. The molecule has 1 aromatic heterocycles. The van der Waals surface area contributed by atoms with Crippen LogP contribution in [0.3, 0.4) is 0 Å². The van der Waals surface area contributed by atoms with Gasteiger partial charge in [-0.1, -0.05) is 37.6 Å². The fourth-order valence-corrected chi connectivity index (χ4v) is 3.38. The first-order chi connectivity index (χ1) is 11.7. The zero-order valence-electron chi connectivity index (χ0n) is 15.7. The highest BCUT2D eigenvalue weighted by Gasteiger charge is 2.28. The summed E-state index contributed by atoms with van der Waals surface area (Å²) in [5, 5.41) is 3.80. The number of para-hydroxylation sites is 1. The van der Waals surface area contributed by atoms with Crippen LogP contribution in [0.2, 0.25) is 0 Å². The summed E-state index contributed by atoms with van der Waals surface area (Å²) < 4.78 is 13.7. The van der Waals surface area contributed by atoms with E-state index in [0.717, 1.165) is 12.8 Å². The van der Waals surface area contributed by atoms with Gasteiger partial charge in [-0.25, -0.2) is 4.39 Å². The first kappa shape index (κ1) is 19.1. The number of hydrogen-bond acceptors (Lipinski definition) is 2.